The van der Waals surface area contributed by atoms with E-state index in [1.54, 1.807) is 48.5 Å². The quantitative estimate of drug-likeness (QED) is 0.539. The summed E-state index contributed by atoms with van der Waals surface area (Å²) in [5, 5.41) is 5.61. The lowest BCUT2D eigenvalue weighted by Gasteiger charge is -2.17. The standard InChI is InChI=1S/C20H22ClN3O5/c1-2-28-17-6-4-3-5-15(17)23-18(25)12-29-19(26)11-16(24-20(22)27)13-7-9-14(21)10-8-13/h3-10,16H,2,11-12H2,1H3,(H,23,25)(H3,22,24,27)/t16-/m1/s1. The van der Waals surface area contributed by atoms with E-state index >= 15 is 0 Å². The highest BCUT2D eigenvalue weighted by Crippen LogP contribution is 2.23. The number of primary amides is 1. The van der Waals surface area contributed by atoms with E-state index in [1.807, 2.05) is 6.92 Å². The smallest absolute Gasteiger partial charge is 0.312 e. The summed E-state index contributed by atoms with van der Waals surface area (Å²) in [6.07, 6.45) is -0.201. The molecule has 0 heterocycles. The molecule has 0 unspecified atom stereocenters. The van der Waals surface area contributed by atoms with Gasteiger partial charge in [-0.1, -0.05) is 35.9 Å². The molecule has 0 radical (unpaired) electrons. The minimum absolute atomic E-state index is 0.201. The second kappa shape index (κ2) is 10.9. The first-order valence-electron chi connectivity index (χ1n) is 8.87. The number of nitrogens with one attached hydrogen (secondary N) is 2. The summed E-state index contributed by atoms with van der Waals surface area (Å²) in [4.78, 5) is 35.5. The third-order valence-corrected chi connectivity index (χ3v) is 4.04. The van der Waals surface area contributed by atoms with Gasteiger partial charge in [-0.3, -0.25) is 9.59 Å². The first-order valence-corrected chi connectivity index (χ1v) is 9.25. The van der Waals surface area contributed by atoms with Crippen LogP contribution in [-0.2, 0) is 14.3 Å². The number of halogens is 1. The van der Waals surface area contributed by atoms with Gasteiger partial charge in [0.2, 0.25) is 0 Å². The third-order valence-electron chi connectivity index (χ3n) is 3.78. The third kappa shape index (κ3) is 7.34. The van der Waals surface area contributed by atoms with Gasteiger partial charge in [0.15, 0.2) is 6.61 Å². The predicted octanol–water partition coefficient (Wildman–Crippen LogP) is 3.02. The molecule has 0 aliphatic carbocycles. The van der Waals surface area contributed by atoms with E-state index in [0.29, 0.717) is 28.6 Å². The molecule has 0 bridgehead atoms. The molecule has 9 heteroatoms. The zero-order valence-corrected chi connectivity index (χ0v) is 16.6. The molecule has 0 saturated heterocycles. The van der Waals surface area contributed by atoms with Crippen LogP contribution in [-0.4, -0.2) is 31.1 Å². The molecule has 0 spiro atoms. The lowest BCUT2D eigenvalue weighted by Crippen LogP contribution is -2.35. The molecule has 2 aromatic rings. The summed E-state index contributed by atoms with van der Waals surface area (Å²) < 4.78 is 10.4. The Hall–Kier alpha value is -3.26. The number of anilines is 1. The number of esters is 1. The van der Waals surface area contributed by atoms with E-state index < -0.39 is 30.6 Å². The predicted molar refractivity (Wildman–Crippen MR) is 109 cm³/mol. The highest BCUT2D eigenvalue weighted by Gasteiger charge is 2.19. The van der Waals surface area contributed by atoms with Crippen LogP contribution < -0.4 is 21.1 Å². The summed E-state index contributed by atoms with van der Waals surface area (Å²) >= 11 is 5.85. The number of hydrogen-bond acceptors (Lipinski definition) is 5. The molecule has 0 fully saturated rings. The van der Waals surface area contributed by atoms with E-state index in [4.69, 9.17) is 26.8 Å². The van der Waals surface area contributed by atoms with Crippen molar-refractivity contribution in [2.24, 2.45) is 5.73 Å². The maximum Gasteiger partial charge on any atom is 0.312 e. The molecule has 29 heavy (non-hydrogen) atoms. The van der Waals surface area contributed by atoms with Gasteiger partial charge < -0.3 is 25.8 Å². The SMILES string of the molecule is CCOc1ccccc1NC(=O)COC(=O)C[C@@H](NC(N)=O)c1ccc(Cl)cc1. The fourth-order valence-corrected chi connectivity index (χ4v) is 2.65. The normalized spacial score (nSPS) is 11.2. The number of ether oxygens (including phenoxy) is 2. The van der Waals surface area contributed by atoms with Gasteiger partial charge in [0.1, 0.15) is 5.75 Å². The van der Waals surface area contributed by atoms with Gasteiger partial charge in [0.25, 0.3) is 5.91 Å². The molecular weight excluding hydrogens is 398 g/mol. The molecule has 0 aliphatic rings. The second-order valence-corrected chi connectivity index (χ2v) is 6.39. The summed E-state index contributed by atoms with van der Waals surface area (Å²) in [5.41, 5.74) is 6.28. The number of hydrogen-bond donors (Lipinski definition) is 3. The number of rotatable bonds is 9. The fourth-order valence-electron chi connectivity index (χ4n) is 2.53. The van der Waals surface area contributed by atoms with Crippen LogP contribution in [0.2, 0.25) is 5.02 Å². The molecule has 0 aromatic heterocycles. The Morgan fingerprint density at radius 2 is 1.79 bits per heavy atom. The summed E-state index contributed by atoms with van der Waals surface area (Å²) in [7, 11) is 0. The zero-order valence-electron chi connectivity index (χ0n) is 15.8. The van der Waals surface area contributed by atoms with Crippen molar-refractivity contribution in [1.29, 1.82) is 0 Å². The maximum absolute atomic E-state index is 12.2. The minimum atomic E-state index is -0.789. The van der Waals surface area contributed by atoms with Gasteiger partial charge in [-0.05, 0) is 36.8 Å². The van der Waals surface area contributed by atoms with Crippen LogP contribution in [0.15, 0.2) is 48.5 Å². The molecular formula is C20H22ClN3O5. The van der Waals surface area contributed by atoms with Gasteiger partial charge in [0.05, 0.1) is 24.8 Å². The van der Waals surface area contributed by atoms with Crippen LogP contribution in [0.3, 0.4) is 0 Å². The van der Waals surface area contributed by atoms with Gasteiger partial charge in [-0.15, -0.1) is 0 Å². The second-order valence-electron chi connectivity index (χ2n) is 5.95. The van der Waals surface area contributed by atoms with E-state index in [0.717, 1.165) is 0 Å². The average molecular weight is 420 g/mol. The highest BCUT2D eigenvalue weighted by molar-refractivity contribution is 6.30. The van der Waals surface area contributed by atoms with Crippen LogP contribution in [0.1, 0.15) is 24.9 Å². The lowest BCUT2D eigenvalue weighted by atomic mass is 10.0. The van der Waals surface area contributed by atoms with Crippen LogP contribution in [0.25, 0.3) is 0 Å². The van der Waals surface area contributed by atoms with E-state index in [1.165, 1.54) is 0 Å². The summed E-state index contributed by atoms with van der Waals surface area (Å²) in [5.74, 6) is -0.675. The Bertz CT molecular complexity index is 857. The highest BCUT2D eigenvalue weighted by atomic mass is 35.5. The molecule has 154 valence electrons. The van der Waals surface area contributed by atoms with Crippen LogP contribution in [0.5, 0.6) is 5.75 Å². The van der Waals surface area contributed by atoms with Crippen LogP contribution >= 0.6 is 11.6 Å². The Kier molecular flexibility index (Phi) is 8.29. The van der Waals surface area contributed by atoms with Crippen molar-refractivity contribution in [1.82, 2.24) is 5.32 Å². The van der Waals surface area contributed by atoms with Gasteiger partial charge in [-0.2, -0.15) is 0 Å². The number of para-hydroxylation sites is 2. The van der Waals surface area contributed by atoms with E-state index in [2.05, 4.69) is 10.6 Å². The number of carbonyl (C=O) groups excluding carboxylic acids is 3. The molecule has 8 nitrogen and oxygen atoms in total. The van der Waals surface area contributed by atoms with Crippen molar-refractivity contribution in [2.45, 2.75) is 19.4 Å². The summed E-state index contributed by atoms with van der Waals surface area (Å²) in [6, 6.07) is 12.0. The number of nitrogens with two attached hydrogens (primary N) is 1. The monoisotopic (exact) mass is 419 g/mol. The molecule has 1 atom stereocenters. The van der Waals surface area contributed by atoms with E-state index in [9.17, 15) is 14.4 Å². The van der Waals surface area contributed by atoms with Crippen molar-refractivity contribution in [3.05, 3.63) is 59.1 Å². The number of urea groups is 1. The Morgan fingerprint density at radius 1 is 1.10 bits per heavy atom. The molecule has 0 saturated carbocycles. The van der Waals surface area contributed by atoms with Crippen LogP contribution in [0.4, 0.5) is 10.5 Å². The number of benzene rings is 2. The van der Waals surface area contributed by atoms with Crippen molar-refractivity contribution in [2.75, 3.05) is 18.5 Å². The molecule has 0 aliphatic heterocycles. The average Bonchev–Trinajstić information content (AvgIpc) is 2.68. The Morgan fingerprint density at radius 3 is 2.45 bits per heavy atom. The fraction of sp³-hybridized carbons (Fsp3) is 0.250. The maximum atomic E-state index is 12.2. The van der Waals surface area contributed by atoms with Crippen LogP contribution in [0, 0.1) is 0 Å². The van der Waals surface area contributed by atoms with Gasteiger partial charge in [-0.25, -0.2) is 4.79 Å². The van der Waals surface area contributed by atoms with Gasteiger partial charge in [0, 0.05) is 5.02 Å². The molecule has 2 aromatic carbocycles. The topological polar surface area (TPSA) is 120 Å². The van der Waals surface area contributed by atoms with Crippen molar-refractivity contribution >= 4 is 35.2 Å². The van der Waals surface area contributed by atoms with Gasteiger partial charge >= 0.3 is 12.0 Å². The number of amides is 3. The molecule has 2 rings (SSSR count). The lowest BCUT2D eigenvalue weighted by molar-refractivity contribution is -0.147. The Balaban J connectivity index is 1.92. The van der Waals surface area contributed by atoms with E-state index in [-0.39, 0.29) is 6.42 Å². The van der Waals surface area contributed by atoms with Crippen molar-refractivity contribution in [3.8, 4) is 5.75 Å². The largest absolute Gasteiger partial charge is 0.492 e. The number of carbonyl (C=O) groups is 3. The first kappa shape index (κ1) is 22.0. The molecule has 3 amide bonds. The van der Waals surface area contributed by atoms with Crippen molar-refractivity contribution in [3.63, 3.8) is 0 Å². The van der Waals surface area contributed by atoms with Crippen molar-refractivity contribution < 1.29 is 23.9 Å². The first-order chi connectivity index (χ1) is 13.9. The molecule has 4 N–H and O–H groups in total. The minimum Gasteiger partial charge on any atom is -0.492 e. The zero-order chi connectivity index (χ0) is 21.2. The Labute approximate surface area is 173 Å². The summed E-state index contributed by atoms with van der Waals surface area (Å²) in [6.45, 7) is 1.79.